The van der Waals surface area contributed by atoms with E-state index in [0.29, 0.717) is 59.1 Å². The van der Waals surface area contributed by atoms with Gasteiger partial charge < -0.3 is 42.0 Å². The molecule has 3 aliphatic heterocycles. The van der Waals surface area contributed by atoms with Crippen molar-refractivity contribution in [2.24, 2.45) is 0 Å². The first kappa shape index (κ1) is 47.0. The molecule has 0 spiro atoms. The van der Waals surface area contributed by atoms with Crippen LogP contribution in [0.5, 0.6) is 0 Å². The maximum Gasteiger partial charge on any atom is 0.340 e. The Morgan fingerprint density at radius 1 is 0.567 bits per heavy atom. The molecule has 0 unspecified atom stereocenters. The number of para-hydroxylation sites is 4. The average molecular weight is 900 g/mol. The second-order valence-electron chi connectivity index (χ2n) is 17.2. The van der Waals surface area contributed by atoms with Gasteiger partial charge in [-0.25, -0.2) is 4.79 Å². The van der Waals surface area contributed by atoms with Gasteiger partial charge in [-0.05, 0) is 85.8 Å². The summed E-state index contributed by atoms with van der Waals surface area (Å²) in [6.45, 7) is 10.5. The van der Waals surface area contributed by atoms with Gasteiger partial charge in [-0.15, -0.1) is 0 Å². The van der Waals surface area contributed by atoms with Crippen LogP contribution in [0.25, 0.3) is 11.1 Å². The number of fused-ring (bicyclic) bond motifs is 3. The minimum absolute atomic E-state index is 0.0353. The molecule has 67 heavy (non-hydrogen) atoms. The van der Waals surface area contributed by atoms with Gasteiger partial charge in [0.1, 0.15) is 6.61 Å². The molecule has 9 rings (SSSR count). The van der Waals surface area contributed by atoms with Crippen molar-refractivity contribution in [1.29, 1.82) is 0 Å². The van der Waals surface area contributed by atoms with Crippen LogP contribution in [0.2, 0.25) is 0 Å². The number of nitrogens with one attached hydrogen (secondary N) is 7. The lowest BCUT2D eigenvalue weighted by molar-refractivity contribution is -0.117. The van der Waals surface area contributed by atoms with Crippen LogP contribution in [0.4, 0.5) is 39.8 Å². The molecule has 0 aliphatic carbocycles. The molecule has 0 bridgehead atoms. The number of carbonyl (C=O) groups is 5. The van der Waals surface area contributed by atoms with E-state index < -0.39 is 5.97 Å². The Balaban J connectivity index is 0.000000149. The van der Waals surface area contributed by atoms with Crippen molar-refractivity contribution < 1.29 is 28.7 Å². The highest BCUT2D eigenvalue weighted by atomic mass is 16.5. The third kappa shape index (κ3) is 12.5. The zero-order chi connectivity index (χ0) is 47.5. The van der Waals surface area contributed by atoms with Crippen LogP contribution in [-0.4, -0.2) is 47.7 Å². The highest BCUT2D eigenvalue weighted by Gasteiger charge is 2.25. The summed E-state index contributed by atoms with van der Waals surface area (Å²) in [5.41, 5.74) is 10.6. The molecule has 6 aromatic carbocycles. The Labute approximate surface area is 391 Å². The van der Waals surface area contributed by atoms with Crippen LogP contribution in [0.15, 0.2) is 140 Å². The van der Waals surface area contributed by atoms with E-state index in [1.165, 1.54) is 11.1 Å². The molecule has 3 atom stereocenters. The summed E-state index contributed by atoms with van der Waals surface area (Å²) >= 11 is 0. The molecule has 4 amide bonds. The number of hydrogen-bond donors (Lipinski definition) is 7. The Bertz CT molecular complexity index is 2740. The Morgan fingerprint density at radius 2 is 1.04 bits per heavy atom. The molecular weight excluding hydrogens is 843 g/mol. The van der Waals surface area contributed by atoms with Gasteiger partial charge in [0.25, 0.3) is 5.91 Å². The summed E-state index contributed by atoms with van der Waals surface area (Å²) in [6.07, 6.45) is 1.21. The largest absolute Gasteiger partial charge is 0.457 e. The standard InChI is InChI=1S/C19H22N2O.C18H18N2O3.C17H17N3O2/c1-12(2)14-6-4-7-15(11-14)16-8-5-9-17-19(16)20-13(3)10-18(22)21-17;1-12-10-16(21)20-15-9-5-8-14(17(15)19-12)18(22)23-11-13-6-3-2-4-7-13;1-11-10-15(21)20-14-9-5-8-13(16(14)18-11)17(22)19-12-6-3-2-4-7-12/h4-9,11-13,20H,10H2,1-3H3,(H,21,22);2-9,12,19H,10-11H2,1H3,(H,20,21);2-9,11,18H,10H2,1H3,(H,19,22)(H,20,21)/t13-;12-;11-/m111/s1. The van der Waals surface area contributed by atoms with Crippen molar-refractivity contribution in [3.05, 3.63) is 162 Å². The van der Waals surface area contributed by atoms with E-state index >= 15 is 0 Å². The van der Waals surface area contributed by atoms with Crippen molar-refractivity contribution in [3.8, 4) is 11.1 Å². The summed E-state index contributed by atoms with van der Waals surface area (Å²) in [5.74, 6) is -0.195. The minimum atomic E-state index is -0.415. The quantitative estimate of drug-likeness (QED) is 0.0768. The van der Waals surface area contributed by atoms with E-state index in [2.05, 4.69) is 81.4 Å². The van der Waals surface area contributed by atoms with E-state index in [9.17, 15) is 24.0 Å². The Morgan fingerprint density at radius 3 is 1.61 bits per heavy atom. The molecule has 0 radical (unpaired) electrons. The third-order valence-corrected chi connectivity index (χ3v) is 11.2. The number of esters is 1. The smallest absolute Gasteiger partial charge is 0.340 e. The molecule has 344 valence electrons. The molecule has 0 fully saturated rings. The lowest BCUT2D eigenvalue weighted by Gasteiger charge is -2.17. The van der Waals surface area contributed by atoms with Crippen molar-refractivity contribution in [2.75, 3.05) is 37.2 Å². The summed E-state index contributed by atoms with van der Waals surface area (Å²) in [7, 11) is 0. The number of benzene rings is 6. The maximum atomic E-state index is 12.5. The highest BCUT2D eigenvalue weighted by molar-refractivity contribution is 6.11. The molecule has 3 aliphatic rings. The molecule has 7 N–H and O–H groups in total. The van der Waals surface area contributed by atoms with Gasteiger partial charge in [0.2, 0.25) is 17.7 Å². The Hall–Kier alpha value is -7.93. The summed E-state index contributed by atoms with van der Waals surface area (Å²) in [5, 5.41) is 21.5. The molecule has 0 saturated heterocycles. The topological polar surface area (TPSA) is 179 Å². The predicted octanol–water partition coefficient (Wildman–Crippen LogP) is 10.9. The van der Waals surface area contributed by atoms with Gasteiger partial charge in [0, 0.05) is 48.6 Å². The van der Waals surface area contributed by atoms with Crippen LogP contribution in [0, 0.1) is 0 Å². The fourth-order valence-electron chi connectivity index (χ4n) is 7.95. The van der Waals surface area contributed by atoms with Gasteiger partial charge in [-0.3, -0.25) is 19.2 Å². The number of hydrogen-bond acceptors (Lipinski definition) is 9. The third-order valence-electron chi connectivity index (χ3n) is 11.2. The van der Waals surface area contributed by atoms with Crippen LogP contribution in [-0.2, 0) is 25.7 Å². The van der Waals surface area contributed by atoms with Gasteiger partial charge in [-0.1, -0.05) is 111 Å². The maximum absolute atomic E-state index is 12.5. The lowest BCUT2D eigenvalue weighted by atomic mass is 9.96. The molecule has 3 heterocycles. The summed E-state index contributed by atoms with van der Waals surface area (Å²) < 4.78 is 5.39. The first-order valence-electron chi connectivity index (χ1n) is 22.6. The zero-order valence-corrected chi connectivity index (χ0v) is 38.4. The van der Waals surface area contributed by atoms with Crippen molar-refractivity contribution in [2.45, 2.75) is 84.5 Å². The first-order chi connectivity index (χ1) is 32.3. The molecule has 13 nitrogen and oxygen atoms in total. The van der Waals surface area contributed by atoms with Gasteiger partial charge >= 0.3 is 5.97 Å². The van der Waals surface area contributed by atoms with Crippen LogP contribution < -0.4 is 37.2 Å². The zero-order valence-electron chi connectivity index (χ0n) is 38.4. The predicted molar refractivity (Wildman–Crippen MR) is 268 cm³/mol. The van der Waals surface area contributed by atoms with E-state index in [1.807, 2.05) is 93.6 Å². The summed E-state index contributed by atoms with van der Waals surface area (Å²) in [6, 6.07) is 44.0. The van der Waals surface area contributed by atoms with E-state index in [4.69, 9.17) is 4.74 Å². The van der Waals surface area contributed by atoms with Gasteiger partial charge in [-0.2, -0.15) is 0 Å². The number of amides is 4. The van der Waals surface area contributed by atoms with Gasteiger partial charge in [0.15, 0.2) is 0 Å². The SMILES string of the molecule is CC(C)c1cccc(-c2cccc3c2N[C@H](C)CC(=O)N3)c1.C[C@@H]1CC(=O)Nc2cccc(C(=O)Nc3ccccc3)c2N1.C[C@@H]1CC(=O)Nc2cccc(C(=O)OCc3ccccc3)c2N1. The fraction of sp³-hybridized carbons (Fsp3) is 0.241. The number of rotatable bonds is 7. The first-order valence-corrected chi connectivity index (χ1v) is 22.6. The van der Waals surface area contributed by atoms with E-state index in [1.54, 1.807) is 36.4 Å². The number of ether oxygens (including phenoxy) is 1. The monoisotopic (exact) mass is 899 g/mol. The lowest BCUT2D eigenvalue weighted by Crippen LogP contribution is -2.20. The van der Waals surface area contributed by atoms with Crippen molar-refractivity contribution >= 4 is 69.4 Å². The molecular formula is C54H57N7O6. The molecule has 13 heteroatoms. The molecule has 0 aromatic heterocycles. The average Bonchev–Trinajstić information content (AvgIpc) is 3.64. The second-order valence-corrected chi connectivity index (χ2v) is 17.2. The normalized spacial score (nSPS) is 16.9. The van der Waals surface area contributed by atoms with Crippen LogP contribution >= 0.6 is 0 Å². The van der Waals surface area contributed by atoms with E-state index in [0.717, 1.165) is 28.2 Å². The van der Waals surface area contributed by atoms with Crippen molar-refractivity contribution in [1.82, 2.24) is 0 Å². The minimum Gasteiger partial charge on any atom is -0.457 e. The van der Waals surface area contributed by atoms with E-state index in [-0.39, 0.29) is 48.4 Å². The molecule has 0 saturated carbocycles. The molecule has 6 aromatic rings. The number of anilines is 7. The number of carbonyl (C=O) groups excluding carboxylic acids is 5. The van der Waals surface area contributed by atoms with Crippen LogP contribution in [0.3, 0.4) is 0 Å². The summed E-state index contributed by atoms with van der Waals surface area (Å²) in [4.78, 5) is 60.4. The fourth-order valence-corrected chi connectivity index (χ4v) is 7.95. The Kier molecular flexibility index (Phi) is 15.3. The highest BCUT2D eigenvalue weighted by Crippen LogP contribution is 2.38. The van der Waals surface area contributed by atoms with Gasteiger partial charge in [0.05, 0.1) is 45.3 Å². The van der Waals surface area contributed by atoms with Crippen LogP contribution in [0.1, 0.15) is 91.6 Å². The second kappa shape index (κ2) is 21.8. The van der Waals surface area contributed by atoms with Crippen molar-refractivity contribution in [3.63, 3.8) is 0 Å².